The second kappa shape index (κ2) is 9.12. The second-order valence-electron chi connectivity index (χ2n) is 6.76. The zero-order valence-corrected chi connectivity index (χ0v) is 17.0. The van der Waals surface area contributed by atoms with E-state index >= 15 is 0 Å². The monoisotopic (exact) mass is 423 g/mol. The van der Waals surface area contributed by atoms with Crippen LogP contribution in [0.1, 0.15) is 15.9 Å². The molecule has 0 saturated carbocycles. The Kier molecular flexibility index (Phi) is 6.35. The normalized spacial score (nSPS) is 11.0. The summed E-state index contributed by atoms with van der Waals surface area (Å²) in [6.07, 6.45) is 2.07. The van der Waals surface area contributed by atoms with Gasteiger partial charge in [-0.2, -0.15) is 0 Å². The number of hydrogen-bond acceptors (Lipinski definition) is 5. The fourth-order valence-electron chi connectivity index (χ4n) is 3.11. The quantitative estimate of drug-likeness (QED) is 0.553. The molecule has 3 aromatic rings. The van der Waals surface area contributed by atoms with Crippen molar-refractivity contribution < 1.29 is 19.4 Å². The minimum Gasteiger partial charge on any atom is -0.497 e. The minimum atomic E-state index is -1.18. The first-order valence-corrected chi connectivity index (χ1v) is 9.36. The molecule has 1 heterocycles. The van der Waals surface area contributed by atoms with Crippen molar-refractivity contribution >= 4 is 22.8 Å². The maximum atomic E-state index is 12.8. The molecule has 0 unspecified atom stereocenters. The Balaban J connectivity index is 1.89. The highest BCUT2D eigenvalue weighted by Crippen LogP contribution is 2.13. The average molecular weight is 423 g/mol. The van der Waals surface area contributed by atoms with E-state index in [1.54, 1.807) is 25.3 Å². The highest BCUT2D eigenvalue weighted by molar-refractivity contribution is 5.97. The molecule has 31 heavy (non-hydrogen) atoms. The van der Waals surface area contributed by atoms with Crippen molar-refractivity contribution in [1.82, 2.24) is 14.5 Å². The number of aromatic nitrogens is 2. The Morgan fingerprint density at radius 1 is 1.13 bits per heavy atom. The summed E-state index contributed by atoms with van der Waals surface area (Å²) in [7, 11) is 3.08. The van der Waals surface area contributed by atoms with Crippen molar-refractivity contribution in [2.45, 2.75) is 13.1 Å². The van der Waals surface area contributed by atoms with E-state index in [1.165, 1.54) is 29.8 Å². The van der Waals surface area contributed by atoms with Crippen LogP contribution in [0.25, 0.3) is 10.9 Å². The number of amides is 1. The van der Waals surface area contributed by atoms with Gasteiger partial charge in [-0.1, -0.05) is 18.2 Å². The van der Waals surface area contributed by atoms with E-state index in [0.29, 0.717) is 17.8 Å². The number of nitrogens with one attached hydrogen (secondary N) is 1. The third-order valence-corrected chi connectivity index (χ3v) is 4.77. The van der Waals surface area contributed by atoms with Gasteiger partial charge in [-0.25, -0.2) is 9.59 Å². The second-order valence-corrected chi connectivity index (χ2v) is 6.76. The summed E-state index contributed by atoms with van der Waals surface area (Å²) >= 11 is 0. The third kappa shape index (κ3) is 4.72. The molecular formula is C22H21N3O6. The Bertz CT molecular complexity index is 1290. The van der Waals surface area contributed by atoms with Crippen LogP contribution >= 0.6 is 0 Å². The van der Waals surface area contributed by atoms with E-state index in [0.717, 1.165) is 16.2 Å². The summed E-state index contributed by atoms with van der Waals surface area (Å²) < 4.78 is 7.30. The number of nitrogens with zero attached hydrogens (tertiary/aromatic N) is 2. The smallest absolute Gasteiger partial charge is 0.331 e. The maximum Gasteiger partial charge on any atom is 0.331 e. The SMILES string of the molecule is COc1ccc(CNC(=O)c2ccc3c(c2)c(=O)n(CC=CC(=O)O)c(=O)n3C)cc1. The molecule has 0 aliphatic carbocycles. The number of fused-ring (bicyclic) bond motifs is 1. The van der Waals surface area contributed by atoms with Crippen molar-refractivity contribution in [2.75, 3.05) is 7.11 Å². The maximum absolute atomic E-state index is 12.8. The molecule has 0 bridgehead atoms. The van der Waals surface area contributed by atoms with E-state index in [1.807, 2.05) is 12.1 Å². The number of aliphatic carboxylic acids is 1. The number of carboxylic acids is 1. The van der Waals surface area contributed by atoms with Gasteiger partial charge >= 0.3 is 11.7 Å². The molecule has 9 nitrogen and oxygen atoms in total. The molecule has 2 aromatic carbocycles. The standard InChI is InChI=1S/C22H21N3O6/c1-24-18-10-7-15(20(28)23-13-14-5-8-16(31-2)9-6-14)12-17(18)21(29)25(22(24)30)11-3-4-19(26)27/h3-10,12H,11,13H2,1-2H3,(H,23,28)(H,26,27). The van der Waals surface area contributed by atoms with Crippen LogP contribution in [0.2, 0.25) is 0 Å². The lowest BCUT2D eigenvalue weighted by atomic mass is 10.1. The van der Waals surface area contributed by atoms with Gasteiger partial charge in [-0.05, 0) is 35.9 Å². The number of hydrogen-bond donors (Lipinski definition) is 2. The number of benzene rings is 2. The predicted octanol–water partition coefficient (Wildman–Crippen LogP) is 1.28. The third-order valence-electron chi connectivity index (χ3n) is 4.77. The number of rotatable bonds is 7. The zero-order valence-electron chi connectivity index (χ0n) is 17.0. The van der Waals surface area contributed by atoms with E-state index in [2.05, 4.69) is 5.32 Å². The predicted molar refractivity (Wildman–Crippen MR) is 114 cm³/mol. The Morgan fingerprint density at radius 3 is 2.48 bits per heavy atom. The number of carbonyl (C=O) groups excluding carboxylic acids is 1. The number of carboxylic acid groups (broad SMARTS) is 1. The zero-order chi connectivity index (χ0) is 22.5. The fourth-order valence-corrected chi connectivity index (χ4v) is 3.11. The molecule has 0 aliphatic rings. The lowest BCUT2D eigenvalue weighted by Crippen LogP contribution is -2.39. The highest BCUT2D eigenvalue weighted by atomic mass is 16.5. The summed E-state index contributed by atoms with van der Waals surface area (Å²) in [6, 6.07) is 11.8. The van der Waals surface area contributed by atoms with E-state index in [9.17, 15) is 19.2 Å². The van der Waals surface area contributed by atoms with Crippen molar-refractivity contribution in [3.63, 3.8) is 0 Å². The summed E-state index contributed by atoms with van der Waals surface area (Å²) in [5.41, 5.74) is 0.344. The Labute approximate surface area is 176 Å². The first-order valence-electron chi connectivity index (χ1n) is 9.36. The minimum absolute atomic E-state index is 0.183. The fraction of sp³-hybridized carbons (Fsp3) is 0.182. The molecule has 0 saturated heterocycles. The van der Waals surface area contributed by atoms with Gasteiger partial charge in [0.2, 0.25) is 0 Å². The first kappa shape index (κ1) is 21.6. The highest BCUT2D eigenvalue weighted by Gasteiger charge is 2.13. The lowest BCUT2D eigenvalue weighted by molar-refractivity contribution is -0.131. The summed E-state index contributed by atoms with van der Waals surface area (Å²) in [6.45, 7) is 0.0972. The molecule has 1 aromatic heterocycles. The molecule has 9 heteroatoms. The van der Waals surface area contributed by atoms with Crippen molar-refractivity contribution in [3.8, 4) is 5.75 Å². The van der Waals surface area contributed by atoms with E-state index in [-0.39, 0.29) is 23.4 Å². The van der Waals surface area contributed by atoms with Crippen LogP contribution in [0.15, 0.2) is 64.2 Å². The molecular weight excluding hydrogens is 402 g/mol. The van der Waals surface area contributed by atoms with Crippen molar-refractivity contribution in [2.24, 2.45) is 7.05 Å². The first-order chi connectivity index (χ1) is 14.8. The van der Waals surface area contributed by atoms with Gasteiger partial charge in [0, 0.05) is 31.8 Å². The van der Waals surface area contributed by atoms with Gasteiger partial charge in [0.05, 0.1) is 18.0 Å². The number of carbonyl (C=O) groups is 2. The van der Waals surface area contributed by atoms with Crippen LogP contribution in [-0.2, 0) is 24.9 Å². The largest absolute Gasteiger partial charge is 0.497 e. The molecule has 160 valence electrons. The molecule has 0 radical (unpaired) electrons. The van der Waals surface area contributed by atoms with Gasteiger partial charge < -0.3 is 15.2 Å². The molecule has 1 amide bonds. The molecule has 3 rings (SSSR count). The van der Waals surface area contributed by atoms with Gasteiger partial charge in [0.25, 0.3) is 11.5 Å². The van der Waals surface area contributed by atoms with Gasteiger partial charge in [0.15, 0.2) is 0 Å². The topological polar surface area (TPSA) is 120 Å². The van der Waals surface area contributed by atoms with Crippen LogP contribution in [0, 0.1) is 0 Å². The van der Waals surface area contributed by atoms with Crippen molar-refractivity contribution in [3.05, 3.63) is 86.6 Å². The summed E-state index contributed by atoms with van der Waals surface area (Å²) in [5.74, 6) is -0.838. The summed E-state index contributed by atoms with van der Waals surface area (Å²) in [5, 5.41) is 11.7. The van der Waals surface area contributed by atoms with Crippen LogP contribution in [-0.4, -0.2) is 33.2 Å². The van der Waals surface area contributed by atoms with Crippen molar-refractivity contribution in [1.29, 1.82) is 0 Å². The van der Waals surface area contributed by atoms with E-state index in [4.69, 9.17) is 9.84 Å². The number of ether oxygens (including phenoxy) is 1. The number of methoxy groups -OCH3 is 1. The number of allylic oxidation sites excluding steroid dienone is 1. The average Bonchev–Trinajstić information content (AvgIpc) is 2.78. The Hall–Kier alpha value is -4.14. The van der Waals surface area contributed by atoms with Gasteiger partial charge in [-0.15, -0.1) is 0 Å². The Morgan fingerprint density at radius 2 is 1.84 bits per heavy atom. The molecule has 0 atom stereocenters. The van der Waals surface area contributed by atoms with Gasteiger partial charge in [-0.3, -0.25) is 18.7 Å². The molecule has 0 aliphatic heterocycles. The van der Waals surface area contributed by atoms with Crippen LogP contribution in [0.4, 0.5) is 0 Å². The van der Waals surface area contributed by atoms with E-state index < -0.39 is 17.2 Å². The molecule has 2 N–H and O–H groups in total. The lowest BCUT2D eigenvalue weighted by Gasteiger charge is -2.11. The molecule has 0 fully saturated rings. The van der Waals surface area contributed by atoms with Crippen LogP contribution < -0.4 is 21.3 Å². The number of aryl methyl sites for hydroxylation is 1. The summed E-state index contributed by atoms with van der Waals surface area (Å²) in [4.78, 5) is 48.5. The molecule has 0 spiro atoms. The van der Waals surface area contributed by atoms with Crippen LogP contribution in [0.5, 0.6) is 5.75 Å². The van der Waals surface area contributed by atoms with Crippen LogP contribution in [0.3, 0.4) is 0 Å². The van der Waals surface area contributed by atoms with Gasteiger partial charge in [0.1, 0.15) is 5.75 Å².